The molecule has 30 heavy (non-hydrogen) atoms. The van der Waals surface area contributed by atoms with Gasteiger partial charge in [-0.15, -0.1) is 11.3 Å². The molecular weight excluding hydrogens is 402 g/mol. The molecule has 0 unspecified atom stereocenters. The number of rotatable bonds is 6. The molecule has 1 saturated heterocycles. The van der Waals surface area contributed by atoms with E-state index in [4.69, 9.17) is 9.47 Å². The second-order valence-corrected chi connectivity index (χ2v) is 8.50. The van der Waals surface area contributed by atoms with Crippen molar-refractivity contribution >= 4 is 28.3 Å². The van der Waals surface area contributed by atoms with E-state index in [0.29, 0.717) is 37.2 Å². The van der Waals surface area contributed by atoms with Gasteiger partial charge in [-0.3, -0.25) is 9.59 Å². The Kier molecular flexibility index (Phi) is 6.96. The molecule has 2 fully saturated rings. The highest BCUT2D eigenvalue weighted by molar-refractivity contribution is 7.14. The van der Waals surface area contributed by atoms with E-state index in [1.165, 1.54) is 17.8 Å². The van der Waals surface area contributed by atoms with Crippen LogP contribution in [0.3, 0.4) is 0 Å². The molecule has 1 aromatic heterocycles. The smallest absolute Gasteiger partial charge is 0.260 e. The van der Waals surface area contributed by atoms with E-state index in [1.54, 1.807) is 4.90 Å². The Bertz CT molecular complexity index is 873. The Morgan fingerprint density at radius 2 is 1.93 bits per heavy atom. The second-order valence-electron chi connectivity index (χ2n) is 7.64. The lowest BCUT2D eigenvalue weighted by Crippen LogP contribution is -2.43. The highest BCUT2D eigenvalue weighted by Crippen LogP contribution is 2.33. The molecule has 0 atom stereocenters. The zero-order chi connectivity index (χ0) is 20.8. The third-order valence-corrected chi connectivity index (χ3v) is 6.35. The molecule has 1 aliphatic carbocycles. The van der Waals surface area contributed by atoms with Crippen molar-refractivity contribution in [1.29, 1.82) is 0 Å². The SMILES string of the molecule is O=C(Nc1nc(-c2ccccc2OCC(=O)N2CCOCC2)cs1)C1CCCCC1. The average Bonchev–Trinajstić information content (AvgIpc) is 3.27. The van der Waals surface area contributed by atoms with E-state index in [-0.39, 0.29) is 24.3 Å². The Balaban J connectivity index is 1.39. The molecule has 1 aliphatic heterocycles. The number of ether oxygens (including phenoxy) is 2. The van der Waals surface area contributed by atoms with Crippen LogP contribution in [-0.2, 0) is 14.3 Å². The summed E-state index contributed by atoms with van der Waals surface area (Å²) in [4.78, 5) is 31.2. The van der Waals surface area contributed by atoms with Crippen LogP contribution in [0.2, 0.25) is 0 Å². The Hall–Kier alpha value is -2.45. The van der Waals surface area contributed by atoms with Gasteiger partial charge in [0.25, 0.3) is 5.91 Å². The normalized spacial score (nSPS) is 17.5. The minimum Gasteiger partial charge on any atom is -0.483 e. The molecular formula is C22H27N3O4S. The van der Waals surface area contributed by atoms with Crippen molar-refractivity contribution < 1.29 is 19.1 Å². The molecule has 0 bridgehead atoms. The maximum absolute atomic E-state index is 12.5. The fourth-order valence-electron chi connectivity index (χ4n) is 3.87. The maximum atomic E-state index is 12.5. The summed E-state index contributed by atoms with van der Waals surface area (Å²) in [5.41, 5.74) is 1.54. The largest absolute Gasteiger partial charge is 0.483 e. The van der Waals surface area contributed by atoms with Gasteiger partial charge in [0.15, 0.2) is 11.7 Å². The molecule has 1 aromatic carbocycles. The molecule has 1 N–H and O–H groups in total. The number of hydrogen-bond donors (Lipinski definition) is 1. The summed E-state index contributed by atoms with van der Waals surface area (Å²) in [5, 5.41) is 5.47. The molecule has 4 rings (SSSR count). The quantitative estimate of drug-likeness (QED) is 0.759. The summed E-state index contributed by atoms with van der Waals surface area (Å²) in [6.45, 7) is 2.30. The van der Waals surface area contributed by atoms with Crippen molar-refractivity contribution in [1.82, 2.24) is 9.88 Å². The van der Waals surface area contributed by atoms with Crippen molar-refractivity contribution in [3.63, 3.8) is 0 Å². The Labute approximate surface area is 180 Å². The number of para-hydroxylation sites is 1. The fraction of sp³-hybridized carbons (Fsp3) is 0.500. The van der Waals surface area contributed by atoms with Crippen LogP contribution in [0.15, 0.2) is 29.6 Å². The topological polar surface area (TPSA) is 80.8 Å². The average molecular weight is 430 g/mol. The van der Waals surface area contributed by atoms with E-state index in [1.807, 2.05) is 29.6 Å². The lowest BCUT2D eigenvalue weighted by molar-refractivity contribution is -0.137. The van der Waals surface area contributed by atoms with Gasteiger partial charge in [-0.05, 0) is 25.0 Å². The summed E-state index contributed by atoms with van der Waals surface area (Å²) in [6, 6.07) is 7.53. The van der Waals surface area contributed by atoms with E-state index in [2.05, 4.69) is 10.3 Å². The van der Waals surface area contributed by atoms with E-state index in [0.717, 1.165) is 36.9 Å². The summed E-state index contributed by atoms with van der Waals surface area (Å²) in [6.07, 6.45) is 5.37. The lowest BCUT2D eigenvalue weighted by atomic mass is 9.89. The van der Waals surface area contributed by atoms with Gasteiger partial charge in [-0.2, -0.15) is 0 Å². The van der Waals surface area contributed by atoms with Gasteiger partial charge in [0.2, 0.25) is 5.91 Å². The van der Waals surface area contributed by atoms with Gasteiger partial charge in [0, 0.05) is 30.0 Å². The van der Waals surface area contributed by atoms with Crippen LogP contribution >= 0.6 is 11.3 Å². The van der Waals surface area contributed by atoms with Crippen molar-refractivity contribution in [2.24, 2.45) is 5.92 Å². The number of morpholine rings is 1. The highest BCUT2D eigenvalue weighted by atomic mass is 32.1. The third kappa shape index (κ3) is 5.17. The minimum atomic E-state index is -0.0492. The van der Waals surface area contributed by atoms with Gasteiger partial charge in [0.1, 0.15) is 5.75 Å². The molecule has 1 saturated carbocycles. The van der Waals surface area contributed by atoms with Gasteiger partial charge >= 0.3 is 0 Å². The number of carbonyl (C=O) groups excluding carboxylic acids is 2. The molecule has 0 radical (unpaired) electrons. The molecule has 2 heterocycles. The first-order valence-corrected chi connectivity index (χ1v) is 11.4. The van der Waals surface area contributed by atoms with E-state index in [9.17, 15) is 9.59 Å². The van der Waals surface area contributed by atoms with Crippen molar-refractivity contribution in [3.8, 4) is 17.0 Å². The number of nitrogens with zero attached hydrogens (tertiary/aromatic N) is 2. The molecule has 7 nitrogen and oxygen atoms in total. The molecule has 2 aromatic rings. The summed E-state index contributed by atoms with van der Waals surface area (Å²) in [7, 11) is 0. The number of benzene rings is 1. The van der Waals surface area contributed by atoms with Gasteiger partial charge in [-0.25, -0.2) is 4.98 Å². The highest BCUT2D eigenvalue weighted by Gasteiger charge is 2.22. The van der Waals surface area contributed by atoms with Crippen LogP contribution in [0.4, 0.5) is 5.13 Å². The number of nitrogens with one attached hydrogen (secondary N) is 1. The van der Waals surface area contributed by atoms with Gasteiger partial charge in [0.05, 0.1) is 18.9 Å². The van der Waals surface area contributed by atoms with Gasteiger partial charge in [-0.1, -0.05) is 31.4 Å². The molecule has 8 heteroatoms. The number of carbonyl (C=O) groups is 2. The van der Waals surface area contributed by atoms with Crippen molar-refractivity contribution in [2.75, 3.05) is 38.2 Å². The molecule has 0 spiro atoms. The summed E-state index contributed by atoms with van der Waals surface area (Å²) in [5.74, 6) is 0.713. The number of amides is 2. The van der Waals surface area contributed by atoms with Crippen molar-refractivity contribution in [3.05, 3.63) is 29.6 Å². The van der Waals surface area contributed by atoms with Crippen LogP contribution in [0.1, 0.15) is 32.1 Å². The van der Waals surface area contributed by atoms with Crippen molar-refractivity contribution in [2.45, 2.75) is 32.1 Å². The maximum Gasteiger partial charge on any atom is 0.260 e. The first kappa shape index (κ1) is 20.8. The third-order valence-electron chi connectivity index (χ3n) is 5.59. The number of hydrogen-bond acceptors (Lipinski definition) is 6. The molecule has 2 aliphatic rings. The molecule has 160 valence electrons. The zero-order valence-electron chi connectivity index (χ0n) is 17.0. The second kappa shape index (κ2) is 10.0. The first-order valence-electron chi connectivity index (χ1n) is 10.5. The first-order chi connectivity index (χ1) is 14.7. The van der Waals surface area contributed by atoms with Crippen LogP contribution in [0, 0.1) is 5.92 Å². The monoisotopic (exact) mass is 429 g/mol. The number of thiazole rings is 1. The standard InChI is InChI=1S/C22H27N3O4S/c26-20(25-10-12-28-13-11-25)14-29-19-9-5-4-8-17(19)18-15-30-22(23-18)24-21(27)16-6-2-1-3-7-16/h4-5,8-9,15-16H,1-3,6-7,10-14H2,(H,23,24,27). The fourth-order valence-corrected chi connectivity index (χ4v) is 4.59. The summed E-state index contributed by atoms with van der Waals surface area (Å²) < 4.78 is 11.1. The van der Waals surface area contributed by atoms with Crippen LogP contribution < -0.4 is 10.1 Å². The number of anilines is 1. The number of aromatic nitrogens is 1. The molecule has 2 amide bonds. The minimum absolute atomic E-state index is 0.0214. The van der Waals surface area contributed by atoms with Gasteiger partial charge < -0.3 is 19.7 Å². The Morgan fingerprint density at radius 1 is 1.17 bits per heavy atom. The lowest BCUT2D eigenvalue weighted by Gasteiger charge is -2.26. The van der Waals surface area contributed by atoms with Crippen LogP contribution in [-0.4, -0.2) is 54.6 Å². The predicted molar refractivity (Wildman–Crippen MR) is 116 cm³/mol. The van der Waals surface area contributed by atoms with E-state index >= 15 is 0 Å². The van der Waals surface area contributed by atoms with E-state index < -0.39 is 0 Å². The predicted octanol–water partition coefficient (Wildman–Crippen LogP) is 3.57. The zero-order valence-corrected chi connectivity index (χ0v) is 17.8. The van der Waals surface area contributed by atoms with Crippen LogP contribution in [0.5, 0.6) is 5.75 Å². The van der Waals surface area contributed by atoms with Crippen LogP contribution in [0.25, 0.3) is 11.3 Å². The summed E-state index contributed by atoms with van der Waals surface area (Å²) >= 11 is 1.40. The Morgan fingerprint density at radius 3 is 2.73 bits per heavy atom.